The summed E-state index contributed by atoms with van der Waals surface area (Å²) in [6.45, 7) is 0.831. The average Bonchev–Trinajstić information content (AvgIpc) is 2.65. The molecule has 2 aromatic carbocycles. The highest BCUT2D eigenvalue weighted by molar-refractivity contribution is 14.0. The second-order valence-corrected chi connectivity index (χ2v) is 5.79. The maximum atomic E-state index is 12.6. The Bertz CT molecular complexity index is 781. The van der Waals surface area contributed by atoms with E-state index in [4.69, 9.17) is 4.74 Å². The second kappa shape index (κ2) is 11.0. The van der Waals surface area contributed by atoms with E-state index in [0.29, 0.717) is 36.8 Å². The zero-order chi connectivity index (χ0) is 19.9. The Kier molecular flexibility index (Phi) is 9.36. The summed E-state index contributed by atoms with van der Waals surface area (Å²) in [7, 11) is 3.16. The van der Waals surface area contributed by atoms with Crippen LogP contribution in [0.4, 0.5) is 13.2 Å². The van der Waals surface area contributed by atoms with Gasteiger partial charge in [-0.3, -0.25) is 4.99 Å². The van der Waals surface area contributed by atoms with Crippen molar-refractivity contribution in [1.82, 2.24) is 10.6 Å². The highest BCUT2D eigenvalue weighted by Gasteiger charge is 2.29. The van der Waals surface area contributed by atoms with Crippen molar-refractivity contribution in [1.29, 1.82) is 0 Å². The predicted molar refractivity (Wildman–Crippen MR) is 113 cm³/mol. The molecule has 154 valence electrons. The molecule has 9 heteroatoms. The molecular formula is C19H23F3IN3O2. The molecule has 0 spiro atoms. The van der Waals surface area contributed by atoms with Gasteiger partial charge in [0.15, 0.2) is 5.96 Å². The van der Waals surface area contributed by atoms with E-state index in [2.05, 4.69) is 15.6 Å². The molecule has 0 heterocycles. The summed E-state index contributed by atoms with van der Waals surface area (Å²) in [5.41, 5.74) is 0.784. The van der Waals surface area contributed by atoms with Gasteiger partial charge in [0, 0.05) is 25.7 Å². The van der Waals surface area contributed by atoms with Crippen molar-refractivity contribution in [2.24, 2.45) is 4.99 Å². The Morgan fingerprint density at radius 2 is 1.79 bits per heavy atom. The normalized spacial score (nSPS) is 11.5. The fourth-order valence-electron chi connectivity index (χ4n) is 2.42. The smallest absolute Gasteiger partial charge is 0.416 e. The number of alkyl halides is 3. The maximum Gasteiger partial charge on any atom is 0.416 e. The standard InChI is InChI=1S/C19H22F3N3O2.HI/c1-23-18(25-12-14-11-16(27-2)7-8-17(14)26)24-10-9-13-3-5-15(6-4-13)19(20,21)22;/h3-8,11,26H,9-10,12H2,1-2H3,(H2,23,24,25);1H. The first-order valence-electron chi connectivity index (χ1n) is 8.30. The number of aromatic hydroxyl groups is 1. The minimum Gasteiger partial charge on any atom is -0.508 e. The van der Waals surface area contributed by atoms with E-state index in [1.807, 2.05) is 0 Å². The summed E-state index contributed by atoms with van der Waals surface area (Å²) < 4.78 is 42.8. The molecule has 28 heavy (non-hydrogen) atoms. The van der Waals surface area contributed by atoms with Crippen LogP contribution in [0, 0.1) is 0 Å². The molecule has 0 aliphatic rings. The fourth-order valence-corrected chi connectivity index (χ4v) is 2.42. The third kappa shape index (κ3) is 7.10. The molecule has 2 aromatic rings. The number of rotatable bonds is 6. The number of ether oxygens (including phenoxy) is 1. The Labute approximate surface area is 179 Å². The number of hydrogen-bond acceptors (Lipinski definition) is 3. The van der Waals surface area contributed by atoms with E-state index < -0.39 is 11.7 Å². The van der Waals surface area contributed by atoms with Crippen LogP contribution in [0.3, 0.4) is 0 Å². The summed E-state index contributed by atoms with van der Waals surface area (Å²) in [5.74, 6) is 1.29. The largest absolute Gasteiger partial charge is 0.508 e. The number of phenolic OH excluding ortho intramolecular Hbond substituents is 1. The molecule has 0 radical (unpaired) electrons. The molecule has 3 N–H and O–H groups in total. The summed E-state index contributed by atoms with van der Waals surface area (Å²) in [6.07, 6.45) is -3.78. The van der Waals surface area contributed by atoms with Crippen LogP contribution in [0.5, 0.6) is 11.5 Å². The SMILES string of the molecule is CN=C(NCCc1ccc(C(F)(F)F)cc1)NCc1cc(OC)ccc1O.I. The molecule has 0 amide bonds. The van der Waals surface area contributed by atoms with E-state index >= 15 is 0 Å². The van der Waals surface area contributed by atoms with Gasteiger partial charge in [0.1, 0.15) is 11.5 Å². The Morgan fingerprint density at radius 3 is 2.36 bits per heavy atom. The average molecular weight is 509 g/mol. The van der Waals surface area contributed by atoms with Crippen LogP contribution in [0.1, 0.15) is 16.7 Å². The van der Waals surface area contributed by atoms with E-state index in [1.165, 1.54) is 12.1 Å². The topological polar surface area (TPSA) is 65.9 Å². The number of nitrogens with one attached hydrogen (secondary N) is 2. The molecule has 0 bridgehead atoms. The minimum atomic E-state index is -4.32. The molecular weight excluding hydrogens is 486 g/mol. The summed E-state index contributed by atoms with van der Waals surface area (Å²) in [6, 6.07) is 10.0. The molecule has 0 saturated heterocycles. The first-order valence-corrected chi connectivity index (χ1v) is 8.30. The van der Waals surface area contributed by atoms with Gasteiger partial charge in [0.05, 0.1) is 12.7 Å². The molecule has 0 unspecified atom stereocenters. The molecule has 0 aromatic heterocycles. The minimum absolute atomic E-state index is 0. The molecule has 0 fully saturated rings. The number of benzene rings is 2. The van der Waals surface area contributed by atoms with Gasteiger partial charge in [-0.1, -0.05) is 12.1 Å². The van der Waals surface area contributed by atoms with Crippen molar-refractivity contribution in [2.45, 2.75) is 19.1 Å². The van der Waals surface area contributed by atoms with Gasteiger partial charge in [0.25, 0.3) is 0 Å². The van der Waals surface area contributed by atoms with Crippen molar-refractivity contribution in [2.75, 3.05) is 20.7 Å². The zero-order valence-electron chi connectivity index (χ0n) is 15.5. The molecule has 2 rings (SSSR count). The first kappa shape index (κ1) is 23.9. The van der Waals surface area contributed by atoms with Crippen LogP contribution >= 0.6 is 24.0 Å². The number of aliphatic imine (C=N–C) groups is 1. The lowest BCUT2D eigenvalue weighted by molar-refractivity contribution is -0.137. The third-order valence-electron chi connectivity index (χ3n) is 3.94. The van der Waals surface area contributed by atoms with Crippen molar-refractivity contribution in [3.05, 3.63) is 59.2 Å². The zero-order valence-corrected chi connectivity index (χ0v) is 17.8. The monoisotopic (exact) mass is 509 g/mol. The molecule has 0 aliphatic carbocycles. The Balaban J connectivity index is 0.00000392. The highest BCUT2D eigenvalue weighted by atomic mass is 127. The first-order chi connectivity index (χ1) is 12.8. The van der Waals surface area contributed by atoms with Gasteiger partial charge in [-0.25, -0.2) is 0 Å². The van der Waals surface area contributed by atoms with Gasteiger partial charge in [0.2, 0.25) is 0 Å². The fraction of sp³-hybridized carbons (Fsp3) is 0.316. The van der Waals surface area contributed by atoms with Gasteiger partial charge in [-0.15, -0.1) is 24.0 Å². The van der Waals surface area contributed by atoms with Crippen LogP contribution in [0.15, 0.2) is 47.5 Å². The Hall–Kier alpha value is -2.17. The van der Waals surface area contributed by atoms with Crippen LogP contribution in [-0.2, 0) is 19.1 Å². The quantitative estimate of drug-likeness (QED) is 0.314. The van der Waals surface area contributed by atoms with E-state index in [9.17, 15) is 18.3 Å². The second-order valence-electron chi connectivity index (χ2n) is 5.79. The van der Waals surface area contributed by atoms with Crippen LogP contribution in [-0.4, -0.2) is 31.8 Å². The number of nitrogens with zero attached hydrogens (tertiary/aromatic N) is 1. The lowest BCUT2D eigenvalue weighted by Gasteiger charge is -2.13. The van der Waals surface area contributed by atoms with Crippen LogP contribution in [0.2, 0.25) is 0 Å². The van der Waals surface area contributed by atoms with Crippen molar-refractivity contribution in [3.8, 4) is 11.5 Å². The number of phenols is 1. The van der Waals surface area contributed by atoms with Crippen molar-refractivity contribution >= 4 is 29.9 Å². The van der Waals surface area contributed by atoms with E-state index in [1.54, 1.807) is 32.4 Å². The molecule has 5 nitrogen and oxygen atoms in total. The summed E-state index contributed by atoms with van der Waals surface area (Å²) >= 11 is 0. The number of hydrogen-bond donors (Lipinski definition) is 3. The highest BCUT2D eigenvalue weighted by Crippen LogP contribution is 2.29. The number of halogens is 4. The van der Waals surface area contributed by atoms with E-state index in [0.717, 1.165) is 17.7 Å². The Morgan fingerprint density at radius 1 is 1.11 bits per heavy atom. The number of guanidine groups is 1. The van der Waals surface area contributed by atoms with Crippen LogP contribution in [0.25, 0.3) is 0 Å². The summed E-state index contributed by atoms with van der Waals surface area (Å²) in [5, 5.41) is 16.0. The molecule has 0 atom stereocenters. The lowest BCUT2D eigenvalue weighted by Crippen LogP contribution is -2.37. The molecule has 0 saturated carbocycles. The van der Waals surface area contributed by atoms with E-state index in [-0.39, 0.29) is 29.7 Å². The van der Waals surface area contributed by atoms with Crippen LogP contribution < -0.4 is 15.4 Å². The predicted octanol–water partition coefficient (Wildman–Crippen LogP) is 3.95. The number of methoxy groups -OCH3 is 1. The maximum absolute atomic E-state index is 12.6. The van der Waals surface area contributed by atoms with Gasteiger partial charge < -0.3 is 20.5 Å². The summed E-state index contributed by atoms with van der Waals surface area (Å²) in [4.78, 5) is 4.09. The van der Waals surface area contributed by atoms with Gasteiger partial charge >= 0.3 is 6.18 Å². The molecule has 0 aliphatic heterocycles. The lowest BCUT2D eigenvalue weighted by atomic mass is 10.1. The van der Waals surface area contributed by atoms with Gasteiger partial charge in [-0.05, 0) is 42.3 Å². The van der Waals surface area contributed by atoms with Gasteiger partial charge in [-0.2, -0.15) is 13.2 Å². The van der Waals surface area contributed by atoms with Crippen molar-refractivity contribution < 1.29 is 23.0 Å². The van der Waals surface area contributed by atoms with Crippen molar-refractivity contribution in [3.63, 3.8) is 0 Å². The third-order valence-corrected chi connectivity index (χ3v) is 3.94.